The maximum Gasteiger partial charge on any atom is 0.157 e. The van der Waals surface area contributed by atoms with Gasteiger partial charge in [-0.15, -0.1) is 0 Å². The lowest BCUT2D eigenvalue weighted by molar-refractivity contribution is 1.44. The van der Waals surface area contributed by atoms with Crippen molar-refractivity contribution in [2.75, 3.05) is 0 Å². The minimum absolute atomic E-state index is 0.392. The van der Waals surface area contributed by atoms with Crippen molar-refractivity contribution in [2.45, 2.75) is 9.06 Å². The molecule has 0 saturated heterocycles. The van der Waals surface area contributed by atoms with E-state index in [2.05, 4.69) is 15.9 Å². The first-order chi connectivity index (χ1) is 5.18. The molecule has 0 aromatic heterocycles. The summed E-state index contributed by atoms with van der Waals surface area (Å²) in [7, 11) is 0. The van der Waals surface area contributed by atoms with E-state index >= 15 is 0 Å². The number of hydrogen-bond acceptors (Lipinski definition) is 1. The van der Waals surface area contributed by atoms with E-state index in [-0.39, 0.29) is 0 Å². The van der Waals surface area contributed by atoms with Gasteiger partial charge in [0.2, 0.25) is 0 Å². The van der Waals surface area contributed by atoms with Crippen molar-refractivity contribution in [1.82, 2.24) is 0 Å². The molecule has 1 aromatic carbocycles. The zero-order valence-electron chi connectivity index (χ0n) is 5.43. The molecule has 0 fully saturated rings. The Bertz CT molecular complexity index is 222. The Balaban J connectivity index is 2.66. The molecule has 0 amide bonds. The van der Waals surface area contributed by atoms with Gasteiger partial charge in [-0.1, -0.05) is 50.9 Å². The topological polar surface area (TPSA) is 0 Å². The molecule has 1 aromatic rings. The van der Waals surface area contributed by atoms with Crippen LogP contribution in [-0.2, 0) is 0 Å². The number of rotatable bonds is 2. The van der Waals surface area contributed by atoms with Crippen LogP contribution in [-0.4, -0.2) is 4.17 Å². The van der Waals surface area contributed by atoms with Crippen LogP contribution in [0.3, 0.4) is 0 Å². The Morgan fingerprint density at radius 2 is 1.73 bits per heavy atom. The Morgan fingerprint density at radius 3 is 2.18 bits per heavy atom. The van der Waals surface area contributed by atoms with Crippen molar-refractivity contribution < 1.29 is 0 Å². The van der Waals surface area contributed by atoms with E-state index < -0.39 is 4.17 Å². The number of thioether (sulfide) groups is 1. The predicted octanol–water partition coefficient (Wildman–Crippen LogP) is 4.30. The van der Waals surface area contributed by atoms with Crippen LogP contribution in [0.2, 0.25) is 0 Å². The second-order valence-electron chi connectivity index (χ2n) is 1.83. The van der Waals surface area contributed by atoms with E-state index in [4.69, 9.17) is 23.2 Å². The molecule has 0 nitrogen and oxygen atoms in total. The largest absolute Gasteiger partial charge is 0.157 e. The fraction of sp³-hybridized carbons (Fsp3) is 0.143. The van der Waals surface area contributed by atoms with Gasteiger partial charge >= 0.3 is 0 Å². The molecule has 0 spiro atoms. The van der Waals surface area contributed by atoms with Gasteiger partial charge in [-0.2, -0.15) is 0 Å². The highest BCUT2D eigenvalue weighted by Gasteiger charge is 2.00. The number of halogens is 3. The minimum Gasteiger partial charge on any atom is -0.0928 e. The number of hydrogen-bond donors (Lipinski definition) is 0. The molecule has 11 heavy (non-hydrogen) atoms. The summed E-state index contributed by atoms with van der Waals surface area (Å²) in [5, 5.41) is 0. The van der Waals surface area contributed by atoms with E-state index in [1.54, 1.807) is 0 Å². The monoisotopic (exact) mass is 270 g/mol. The zero-order chi connectivity index (χ0) is 8.27. The van der Waals surface area contributed by atoms with Crippen molar-refractivity contribution in [1.29, 1.82) is 0 Å². The van der Waals surface area contributed by atoms with Gasteiger partial charge in [0.25, 0.3) is 0 Å². The van der Waals surface area contributed by atoms with Gasteiger partial charge < -0.3 is 0 Å². The lowest BCUT2D eigenvalue weighted by Gasteiger charge is -2.00. The third-order valence-corrected chi connectivity index (χ3v) is 2.82. The first-order valence-corrected chi connectivity index (χ1v) is 5.43. The molecule has 0 heterocycles. The summed E-state index contributed by atoms with van der Waals surface area (Å²) in [5.41, 5.74) is 0. The molecule has 0 saturated carbocycles. The Kier molecular flexibility index (Phi) is 4.07. The van der Waals surface area contributed by atoms with Crippen LogP contribution in [0.15, 0.2) is 33.6 Å². The first kappa shape index (κ1) is 9.72. The van der Waals surface area contributed by atoms with Crippen LogP contribution >= 0.6 is 50.9 Å². The highest BCUT2D eigenvalue weighted by atomic mass is 79.9. The lowest BCUT2D eigenvalue weighted by Crippen LogP contribution is -1.76. The molecule has 4 heteroatoms. The molecule has 0 radical (unpaired) electrons. The van der Waals surface area contributed by atoms with E-state index in [0.717, 1.165) is 9.37 Å². The summed E-state index contributed by atoms with van der Waals surface area (Å²) in [5.74, 6) is 0. The molecule has 0 N–H and O–H groups in total. The van der Waals surface area contributed by atoms with Crippen LogP contribution < -0.4 is 0 Å². The standard InChI is InChI=1S/C7H5BrCl2S/c8-5-1-3-6(4-2-5)11-7(9)10/h1-4,7H. The summed E-state index contributed by atoms with van der Waals surface area (Å²) < 4.78 is 0.665. The molecule has 0 aliphatic heterocycles. The molecule has 0 aliphatic carbocycles. The predicted molar refractivity (Wildman–Crippen MR) is 55.5 cm³/mol. The summed E-state index contributed by atoms with van der Waals surface area (Å²) in [4.78, 5) is 1.07. The molecule has 1 rings (SSSR count). The Hall–Kier alpha value is 0.630. The van der Waals surface area contributed by atoms with Gasteiger partial charge in [-0.05, 0) is 24.3 Å². The zero-order valence-corrected chi connectivity index (χ0v) is 9.34. The van der Waals surface area contributed by atoms with Crippen molar-refractivity contribution in [3.05, 3.63) is 28.7 Å². The molecule has 0 bridgehead atoms. The molecular weight excluding hydrogens is 267 g/mol. The van der Waals surface area contributed by atoms with Crippen LogP contribution in [0.25, 0.3) is 0 Å². The van der Waals surface area contributed by atoms with Crippen LogP contribution in [0.4, 0.5) is 0 Å². The van der Waals surface area contributed by atoms with Crippen LogP contribution in [0.5, 0.6) is 0 Å². The van der Waals surface area contributed by atoms with Crippen molar-refractivity contribution >= 4 is 50.9 Å². The SMILES string of the molecule is ClC(Cl)Sc1ccc(Br)cc1. The average molecular weight is 272 g/mol. The summed E-state index contributed by atoms with van der Waals surface area (Å²) in [6.07, 6.45) is 0. The normalized spacial score (nSPS) is 10.5. The quantitative estimate of drug-likeness (QED) is 0.571. The van der Waals surface area contributed by atoms with Gasteiger partial charge in [0, 0.05) is 9.37 Å². The lowest BCUT2D eigenvalue weighted by atomic mass is 10.4. The maximum absolute atomic E-state index is 5.57. The second kappa shape index (κ2) is 4.61. The first-order valence-electron chi connectivity index (χ1n) is 2.89. The number of alkyl halides is 2. The third kappa shape index (κ3) is 3.70. The van der Waals surface area contributed by atoms with Crippen LogP contribution in [0, 0.1) is 0 Å². The summed E-state index contributed by atoms with van der Waals surface area (Å²) in [6.45, 7) is 0. The summed E-state index contributed by atoms with van der Waals surface area (Å²) >= 11 is 15.9. The maximum atomic E-state index is 5.57. The molecule has 0 atom stereocenters. The molecular formula is C7H5BrCl2S. The van der Waals surface area contributed by atoms with E-state index in [0.29, 0.717) is 0 Å². The van der Waals surface area contributed by atoms with Crippen molar-refractivity contribution in [2.24, 2.45) is 0 Å². The third-order valence-electron chi connectivity index (χ3n) is 1.04. The van der Waals surface area contributed by atoms with Gasteiger partial charge in [0.15, 0.2) is 4.17 Å². The second-order valence-corrected chi connectivity index (χ2v) is 5.54. The van der Waals surface area contributed by atoms with Crippen molar-refractivity contribution in [3.8, 4) is 0 Å². The Morgan fingerprint density at radius 1 is 1.18 bits per heavy atom. The van der Waals surface area contributed by atoms with Gasteiger partial charge in [0.1, 0.15) is 0 Å². The van der Waals surface area contributed by atoms with Gasteiger partial charge in [0.05, 0.1) is 0 Å². The smallest absolute Gasteiger partial charge is 0.0928 e. The molecule has 60 valence electrons. The average Bonchev–Trinajstić information content (AvgIpc) is 1.93. The highest BCUT2D eigenvalue weighted by Crippen LogP contribution is 2.29. The fourth-order valence-electron chi connectivity index (χ4n) is 0.616. The molecule has 0 aliphatic rings. The van der Waals surface area contributed by atoms with E-state index in [1.807, 2.05) is 24.3 Å². The highest BCUT2D eigenvalue weighted by molar-refractivity contribution is 9.10. The van der Waals surface area contributed by atoms with Gasteiger partial charge in [-0.25, -0.2) is 0 Å². The fourth-order valence-corrected chi connectivity index (χ4v) is 2.00. The van der Waals surface area contributed by atoms with E-state index in [1.165, 1.54) is 11.8 Å². The van der Waals surface area contributed by atoms with Gasteiger partial charge in [-0.3, -0.25) is 0 Å². The number of benzene rings is 1. The van der Waals surface area contributed by atoms with Crippen molar-refractivity contribution in [3.63, 3.8) is 0 Å². The molecule has 0 unspecified atom stereocenters. The van der Waals surface area contributed by atoms with Crippen LogP contribution in [0.1, 0.15) is 0 Å². The van der Waals surface area contributed by atoms with E-state index in [9.17, 15) is 0 Å². The Labute approximate surface area is 88.4 Å². The minimum atomic E-state index is -0.392. The summed E-state index contributed by atoms with van der Waals surface area (Å²) in [6, 6.07) is 7.84.